The van der Waals surface area contributed by atoms with Crippen LogP contribution in [-0.2, 0) is 0 Å². The summed E-state index contributed by atoms with van der Waals surface area (Å²) in [6.07, 6.45) is 1.49. The maximum atomic E-state index is 13.7. The van der Waals surface area contributed by atoms with Gasteiger partial charge in [0.1, 0.15) is 17.2 Å². The fourth-order valence-corrected chi connectivity index (χ4v) is 2.86. The van der Waals surface area contributed by atoms with Gasteiger partial charge in [0.2, 0.25) is 0 Å². The van der Waals surface area contributed by atoms with Crippen molar-refractivity contribution in [2.45, 2.75) is 0 Å². The van der Waals surface area contributed by atoms with Crippen molar-refractivity contribution in [3.63, 3.8) is 0 Å². The van der Waals surface area contributed by atoms with Gasteiger partial charge in [-0.1, -0.05) is 11.6 Å². The lowest BCUT2D eigenvalue weighted by Gasteiger charge is -2.02. The average molecular weight is 312 g/mol. The molecule has 2 N–H and O–H groups in total. The molecule has 0 saturated heterocycles. The van der Waals surface area contributed by atoms with Crippen molar-refractivity contribution in [2.24, 2.45) is 0 Å². The second-order valence-corrected chi connectivity index (χ2v) is 5.79. The molecule has 0 aliphatic rings. The molecule has 0 spiro atoms. The minimum Gasteiger partial charge on any atom is -0.396 e. The van der Waals surface area contributed by atoms with E-state index >= 15 is 0 Å². The van der Waals surface area contributed by atoms with Crippen molar-refractivity contribution < 1.29 is 8.78 Å². The topological polar surface area (TPSA) is 43.8 Å². The predicted octanol–water partition coefficient (Wildman–Crippen LogP) is 4.11. The second-order valence-electron chi connectivity index (χ2n) is 4.08. The lowest BCUT2D eigenvalue weighted by atomic mass is 10.3. The molecule has 0 fully saturated rings. The van der Waals surface area contributed by atoms with Crippen LogP contribution in [0.5, 0.6) is 0 Å². The second kappa shape index (κ2) is 4.88. The van der Waals surface area contributed by atoms with Crippen molar-refractivity contribution in [3.05, 3.63) is 52.5 Å². The maximum Gasteiger partial charge on any atom is 0.151 e. The van der Waals surface area contributed by atoms with Gasteiger partial charge in [-0.25, -0.2) is 13.5 Å². The average Bonchev–Trinajstić information content (AvgIpc) is 2.95. The van der Waals surface area contributed by atoms with Gasteiger partial charge in [0.05, 0.1) is 21.1 Å². The highest BCUT2D eigenvalue weighted by atomic mass is 35.5. The Labute approximate surface area is 122 Å². The van der Waals surface area contributed by atoms with Crippen molar-refractivity contribution in [1.29, 1.82) is 0 Å². The third-order valence-corrected chi connectivity index (χ3v) is 3.94. The SMILES string of the molecule is Nc1cn(-c2ccc(F)cc2F)nc1-c1ccc(Cl)s1. The number of nitrogens with zero attached hydrogens (tertiary/aromatic N) is 2. The fraction of sp³-hybridized carbons (Fsp3) is 0. The largest absolute Gasteiger partial charge is 0.396 e. The maximum absolute atomic E-state index is 13.7. The Hall–Kier alpha value is -1.92. The van der Waals surface area contributed by atoms with Crippen LogP contribution in [0.3, 0.4) is 0 Å². The molecule has 0 saturated carbocycles. The zero-order chi connectivity index (χ0) is 14.3. The molecule has 0 radical (unpaired) electrons. The van der Waals surface area contributed by atoms with E-state index in [9.17, 15) is 8.78 Å². The van der Waals surface area contributed by atoms with Crippen LogP contribution in [0.1, 0.15) is 0 Å². The summed E-state index contributed by atoms with van der Waals surface area (Å²) < 4.78 is 28.5. The van der Waals surface area contributed by atoms with E-state index < -0.39 is 11.6 Å². The van der Waals surface area contributed by atoms with Crippen LogP contribution >= 0.6 is 22.9 Å². The van der Waals surface area contributed by atoms with Gasteiger partial charge in [-0.3, -0.25) is 0 Å². The molecule has 7 heteroatoms. The third-order valence-electron chi connectivity index (χ3n) is 2.71. The van der Waals surface area contributed by atoms with Crippen LogP contribution in [0, 0.1) is 11.6 Å². The van der Waals surface area contributed by atoms with E-state index in [1.54, 1.807) is 12.1 Å². The minimum atomic E-state index is -0.705. The van der Waals surface area contributed by atoms with E-state index in [0.29, 0.717) is 15.7 Å². The van der Waals surface area contributed by atoms with Crippen LogP contribution < -0.4 is 5.73 Å². The first-order chi connectivity index (χ1) is 9.54. The predicted molar refractivity (Wildman–Crippen MR) is 76.2 cm³/mol. The van der Waals surface area contributed by atoms with Gasteiger partial charge in [0, 0.05) is 6.07 Å². The number of anilines is 1. The Morgan fingerprint density at radius 2 is 2.00 bits per heavy atom. The van der Waals surface area contributed by atoms with Crippen molar-refractivity contribution in [2.75, 3.05) is 5.73 Å². The number of nitrogen functional groups attached to an aromatic ring is 1. The molecule has 3 rings (SSSR count). The first kappa shape index (κ1) is 13.1. The van der Waals surface area contributed by atoms with E-state index in [2.05, 4.69) is 5.10 Å². The Morgan fingerprint density at radius 1 is 1.20 bits per heavy atom. The Kier molecular flexibility index (Phi) is 3.19. The van der Waals surface area contributed by atoms with E-state index in [1.165, 1.54) is 28.3 Å². The number of thiophene rings is 1. The Morgan fingerprint density at radius 3 is 2.65 bits per heavy atom. The molecule has 3 nitrogen and oxygen atoms in total. The monoisotopic (exact) mass is 311 g/mol. The molecule has 2 heterocycles. The summed E-state index contributed by atoms with van der Waals surface area (Å²) in [6.45, 7) is 0. The molecule has 0 aliphatic heterocycles. The number of benzene rings is 1. The van der Waals surface area contributed by atoms with Crippen LogP contribution in [-0.4, -0.2) is 9.78 Å². The highest BCUT2D eigenvalue weighted by Gasteiger charge is 2.14. The molecule has 0 atom stereocenters. The molecule has 0 aliphatic carbocycles. The van der Waals surface area contributed by atoms with Crippen LogP contribution in [0.25, 0.3) is 16.3 Å². The zero-order valence-electron chi connectivity index (χ0n) is 9.98. The number of nitrogens with two attached hydrogens (primary N) is 1. The molecule has 20 heavy (non-hydrogen) atoms. The molecule has 0 bridgehead atoms. The minimum absolute atomic E-state index is 0.131. The van der Waals surface area contributed by atoms with Gasteiger partial charge >= 0.3 is 0 Å². The summed E-state index contributed by atoms with van der Waals surface area (Å²) in [6, 6.07) is 6.80. The summed E-state index contributed by atoms with van der Waals surface area (Å²) in [7, 11) is 0. The molecule has 1 aromatic carbocycles. The molecule has 0 unspecified atom stereocenters. The number of hydrogen-bond acceptors (Lipinski definition) is 3. The first-order valence-corrected chi connectivity index (χ1v) is 6.80. The van der Waals surface area contributed by atoms with Crippen molar-refractivity contribution in [1.82, 2.24) is 9.78 Å². The van der Waals surface area contributed by atoms with E-state index in [0.717, 1.165) is 17.0 Å². The number of hydrogen-bond donors (Lipinski definition) is 1. The normalized spacial score (nSPS) is 10.9. The fourth-order valence-electron chi connectivity index (χ4n) is 1.81. The summed E-state index contributed by atoms with van der Waals surface area (Å²) in [5.74, 6) is -1.35. The van der Waals surface area contributed by atoms with Crippen molar-refractivity contribution >= 4 is 28.6 Å². The smallest absolute Gasteiger partial charge is 0.151 e. The summed E-state index contributed by atoms with van der Waals surface area (Å²) in [5, 5.41) is 4.24. The number of aromatic nitrogens is 2. The summed E-state index contributed by atoms with van der Waals surface area (Å²) in [4.78, 5) is 0.786. The molecule has 0 amide bonds. The highest BCUT2D eigenvalue weighted by molar-refractivity contribution is 7.19. The quantitative estimate of drug-likeness (QED) is 0.774. The number of rotatable bonds is 2. The third kappa shape index (κ3) is 2.28. The number of halogens is 3. The van der Waals surface area contributed by atoms with Crippen LogP contribution in [0.15, 0.2) is 36.5 Å². The molecular weight excluding hydrogens is 304 g/mol. The Bertz CT molecular complexity index is 782. The highest BCUT2D eigenvalue weighted by Crippen LogP contribution is 2.33. The van der Waals surface area contributed by atoms with Gasteiger partial charge in [-0.05, 0) is 24.3 Å². The lowest BCUT2D eigenvalue weighted by Crippen LogP contribution is -1.99. The summed E-state index contributed by atoms with van der Waals surface area (Å²) >= 11 is 7.20. The Balaban J connectivity index is 2.08. The molecule has 102 valence electrons. The zero-order valence-corrected chi connectivity index (χ0v) is 11.6. The van der Waals surface area contributed by atoms with Gasteiger partial charge in [0.15, 0.2) is 5.82 Å². The molecular formula is C13H8ClF2N3S. The van der Waals surface area contributed by atoms with Gasteiger partial charge < -0.3 is 5.73 Å². The van der Waals surface area contributed by atoms with Crippen molar-refractivity contribution in [3.8, 4) is 16.3 Å². The lowest BCUT2D eigenvalue weighted by molar-refractivity contribution is 0.574. The van der Waals surface area contributed by atoms with Crippen LogP contribution in [0.2, 0.25) is 4.34 Å². The van der Waals surface area contributed by atoms with E-state index in [-0.39, 0.29) is 5.69 Å². The summed E-state index contributed by atoms with van der Waals surface area (Å²) in [5.41, 5.74) is 6.93. The van der Waals surface area contributed by atoms with Gasteiger partial charge in [0.25, 0.3) is 0 Å². The standard InChI is InChI=1S/C13H8ClF2N3S/c14-12-4-3-11(20-12)13-9(17)6-19(18-13)10-2-1-7(15)5-8(10)16/h1-6H,17H2. The first-order valence-electron chi connectivity index (χ1n) is 5.61. The van der Waals surface area contributed by atoms with E-state index in [4.69, 9.17) is 17.3 Å². The van der Waals surface area contributed by atoms with Gasteiger partial charge in [-0.15, -0.1) is 11.3 Å². The molecule has 2 aromatic heterocycles. The molecule has 3 aromatic rings. The van der Waals surface area contributed by atoms with Gasteiger partial charge in [-0.2, -0.15) is 5.10 Å². The van der Waals surface area contributed by atoms with E-state index in [1.807, 2.05) is 0 Å². The van der Waals surface area contributed by atoms with Crippen LogP contribution in [0.4, 0.5) is 14.5 Å².